The molecule has 0 unspecified atom stereocenters. The molecule has 1 N–H and O–H groups in total. The number of rotatable bonds is 8. The van der Waals surface area contributed by atoms with E-state index in [4.69, 9.17) is 4.74 Å². The molecule has 0 atom stereocenters. The van der Waals surface area contributed by atoms with Crippen molar-refractivity contribution in [3.63, 3.8) is 0 Å². The number of hydrogen-bond donors (Lipinski definition) is 1. The standard InChI is InChI=1S/C9H22N2O/c1-10-6-4-7-11(2)8-5-9-12-3/h10H,4-9H2,1-3H3. The fourth-order valence-electron chi connectivity index (χ4n) is 1.12. The van der Waals surface area contributed by atoms with Crippen LogP contribution in [0.3, 0.4) is 0 Å². The predicted molar refractivity (Wildman–Crippen MR) is 52.5 cm³/mol. The van der Waals surface area contributed by atoms with Gasteiger partial charge < -0.3 is 15.0 Å². The molecule has 0 spiro atoms. The van der Waals surface area contributed by atoms with Crippen molar-refractivity contribution in [3.8, 4) is 0 Å². The summed E-state index contributed by atoms with van der Waals surface area (Å²) in [5.41, 5.74) is 0. The minimum absolute atomic E-state index is 0.871. The summed E-state index contributed by atoms with van der Waals surface area (Å²) in [7, 11) is 5.90. The van der Waals surface area contributed by atoms with Gasteiger partial charge in [0.05, 0.1) is 0 Å². The summed E-state index contributed by atoms with van der Waals surface area (Å²) < 4.78 is 4.98. The van der Waals surface area contributed by atoms with Gasteiger partial charge in [-0.25, -0.2) is 0 Å². The van der Waals surface area contributed by atoms with E-state index in [1.165, 1.54) is 13.0 Å². The third-order valence-corrected chi connectivity index (χ3v) is 1.85. The van der Waals surface area contributed by atoms with E-state index < -0.39 is 0 Å². The molecule has 0 saturated heterocycles. The van der Waals surface area contributed by atoms with Crippen molar-refractivity contribution < 1.29 is 4.74 Å². The van der Waals surface area contributed by atoms with Gasteiger partial charge in [0.25, 0.3) is 0 Å². The maximum Gasteiger partial charge on any atom is 0.0474 e. The molecule has 0 saturated carbocycles. The molecule has 0 aliphatic carbocycles. The van der Waals surface area contributed by atoms with Gasteiger partial charge in [0, 0.05) is 20.3 Å². The van der Waals surface area contributed by atoms with E-state index >= 15 is 0 Å². The molecular weight excluding hydrogens is 152 g/mol. The van der Waals surface area contributed by atoms with Crippen molar-refractivity contribution in [1.29, 1.82) is 0 Å². The Balaban J connectivity index is 3.04. The van der Waals surface area contributed by atoms with Crippen molar-refractivity contribution in [2.24, 2.45) is 0 Å². The molecule has 0 amide bonds. The number of methoxy groups -OCH3 is 1. The van der Waals surface area contributed by atoms with Gasteiger partial charge in [-0.3, -0.25) is 0 Å². The van der Waals surface area contributed by atoms with Crippen LogP contribution in [-0.2, 0) is 4.74 Å². The van der Waals surface area contributed by atoms with E-state index in [9.17, 15) is 0 Å². The maximum absolute atomic E-state index is 4.98. The average Bonchev–Trinajstić information content (AvgIpc) is 2.06. The Morgan fingerprint density at radius 3 is 2.50 bits per heavy atom. The molecular formula is C9H22N2O. The number of hydrogen-bond acceptors (Lipinski definition) is 3. The van der Waals surface area contributed by atoms with Crippen LogP contribution in [0.15, 0.2) is 0 Å². The molecule has 0 bridgehead atoms. The summed E-state index contributed by atoms with van der Waals surface area (Å²) >= 11 is 0. The van der Waals surface area contributed by atoms with Crippen LogP contribution in [0.4, 0.5) is 0 Å². The van der Waals surface area contributed by atoms with Gasteiger partial charge >= 0.3 is 0 Å². The van der Waals surface area contributed by atoms with Crippen LogP contribution in [0, 0.1) is 0 Å². The fraction of sp³-hybridized carbons (Fsp3) is 1.00. The van der Waals surface area contributed by atoms with Gasteiger partial charge in [0.1, 0.15) is 0 Å². The fourth-order valence-corrected chi connectivity index (χ4v) is 1.12. The lowest BCUT2D eigenvalue weighted by molar-refractivity contribution is 0.179. The third kappa shape index (κ3) is 7.98. The number of nitrogens with zero attached hydrogens (tertiary/aromatic N) is 1. The van der Waals surface area contributed by atoms with Gasteiger partial charge in [0.2, 0.25) is 0 Å². The second-order valence-electron chi connectivity index (χ2n) is 3.11. The molecule has 0 aromatic carbocycles. The van der Waals surface area contributed by atoms with Gasteiger partial charge in [-0.15, -0.1) is 0 Å². The van der Waals surface area contributed by atoms with Crippen molar-refractivity contribution in [2.75, 3.05) is 47.4 Å². The van der Waals surface area contributed by atoms with Crippen LogP contribution in [0.1, 0.15) is 12.8 Å². The number of ether oxygens (including phenoxy) is 1. The second-order valence-corrected chi connectivity index (χ2v) is 3.11. The van der Waals surface area contributed by atoms with Crippen molar-refractivity contribution >= 4 is 0 Å². The van der Waals surface area contributed by atoms with Crippen molar-refractivity contribution in [1.82, 2.24) is 10.2 Å². The minimum atomic E-state index is 0.871. The molecule has 0 aliphatic rings. The van der Waals surface area contributed by atoms with Crippen LogP contribution < -0.4 is 5.32 Å². The van der Waals surface area contributed by atoms with E-state index in [-0.39, 0.29) is 0 Å². The normalized spacial score (nSPS) is 11.0. The highest BCUT2D eigenvalue weighted by molar-refractivity contribution is 4.52. The van der Waals surface area contributed by atoms with Crippen LogP contribution >= 0.6 is 0 Å². The van der Waals surface area contributed by atoms with Gasteiger partial charge in [0.15, 0.2) is 0 Å². The molecule has 3 heteroatoms. The van der Waals surface area contributed by atoms with Crippen LogP contribution in [0.2, 0.25) is 0 Å². The molecule has 0 aliphatic heterocycles. The zero-order valence-electron chi connectivity index (χ0n) is 8.60. The summed E-state index contributed by atoms with van der Waals surface area (Å²) in [6.45, 7) is 4.28. The first-order valence-electron chi connectivity index (χ1n) is 4.63. The smallest absolute Gasteiger partial charge is 0.0474 e. The molecule has 0 aromatic heterocycles. The summed E-state index contributed by atoms with van der Waals surface area (Å²) in [6, 6.07) is 0. The predicted octanol–water partition coefficient (Wildman–Crippen LogP) is 0.564. The Morgan fingerprint density at radius 1 is 1.25 bits per heavy atom. The highest BCUT2D eigenvalue weighted by Crippen LogP contribution is 1.89. The van der Waals surface area contributed by atoms with Gasteiger partial charge in [-0.2, -0.15) is 0 Å². The van der Waals surface area contributed by atoms with E-state index in [0.29, 0.717) is 0 Å². The highest BCUT2D eigenvalue weighted by atomic mass is 16.5. The third-order valence-electron chi connectivity index (χ3n) is 1.85. The van der Waals surface area contributed by atoms with Crippen LogP contribution in [0.5, 0.6) is 0 Å². The van der Waals surface area contributed by atoms with Crippen LogP contribution in [0.25, 0.3) is 0 Å². The van der Waals surface area contributed by atoms with Crippen molar-refractivity contribution in [2.45, 2.75) is 12.8 Å². The lowest BCUT2D eigenvalue weighted by Crippen LogP contribution is -2.24. The highest BCUT2D eigenvalue weighted by Gasteiger charge is 1.96. The molecule has 74 valence electrons. The summed E-state index contributed by atoms with van der Waals surface area (Å²) in [4.78, 5) is 2.34. The van der Waals surface area contributed by atoms with Crippen LogP contribution in [-0.4, -0.2) is 52.3 Å². The molecule has 0 rings (SSSR count). The average molecular weight is 174 g/mol. The zero-order valence-corrected chi connectivity index (χ0v) is 8.60. The Kier molecular flexibility index (Phi) is 8.88. The van der Waals surface area contributed by atoms with Crippen molar-refractivity contribution in [3.05, 3.63) is 0 Å². The van der Waals surface area contributed by atoms with E-state index in [0.717, 1.165) is 26.1 Å². The molecule has 0 radical (unpaired) electrons. The SMILES string of the molecule is CNCCCN(C)CCCOC. The second kappa shape index (κ2) is 8.97. The van der Waals surface area contributed by atoms with Gasteiger partial charge in [-0.05, 0) is 40.0 Å². The van der Waals surface area contributed by atoms with E-state index in [1.54, 1.807) is 7.11 Å². The Bertz CT molecular complexity index is 78.6. The minimum Gasteiger partial charge on any atom is -0.385 e. The zero-order chi connectivity index (χ0) is 9.23. The lowest BCUT2D eigenvalue weighted by Gasteiger charge is -2.15. The Labute approximate surface area is 76.1 Å². The molecule has 0 fully saturated rings. The quantitative estimate of drug-likeness (QED) is 0.544. The Hall–Kier alpha value is -0.120. The number of nitrogens with one attached hydrogen (secondary N) is 1. The summed E-state index contributed by atoms with van der Waals surface area (Å²) in [5, 5.41) is 3.14. The lowest BCUT2D eigenvalue weighted by atomic mass is 10.3. The maximum atomic E-state index is 4.98. The van der Waals surface area contributed by atoms with Gasteiger partial charge in [-0.1, -0.05) is 0 Å². The molecule has 3 nitrogen and oxygen atoms in total. The molecule has 12 heavy (non-hydrogen) atoms. The molecule has 0 aromatic rings. The monoisotopic (exact) mass is 174 g/mol. The first kappa shape index (κ1) is 11.9. The topological polar surface area (TPSA) is 24.5 Å². The largest absolute Gasteiger partial charge is 0.385 e. The van der Waals surface area contributed by atoms with E-state index in [1.807, 2.05) is 7.05 Å². The summed E-state index contributed by atoms with van der Waals surface area (Å²) in [5.74, 6) is 0. The molecule has 0 heterocycles. The summed E-state index contributed by atoms with van der Waals surface area (Å²) in [6.07, 6.45) is 2.35. The van der Waals surface area contributed by atoms with E-state index in [2.05, 4.69) is 17.3 Å². The Morgan fingerprint density at radius 2 is 1.92 bits per heavy atom. The first-order valence-corrected chi connectivity index (χ1v) is 4.63. The first-order chi connectivity index (χ1) is 5.81.